The lowest BCUT2D eigenvalue weighted by Crippen LogP contribution is -2.25. The fourth-order valence-electron chi connectivity index (χ4n) is 2.54. The molecule has 0 aliphatic rings. The van der Waals surface area contributed by atoms with Crippen molar-refractivity contribution in [1.29, 1.82) is 0 Å². The molecule has 0 heterocycles. The van der Waals surface area contributed by atoms with E-state index < -0.39 is 42.8 Å². The van der Waals surface area contributed by atoms with Gasteiger partial charge in [-0.25, -0.2) is 14.4 Å². The van der Waals surface area contributed by atoms with Gasteiger partial charge in [-0.1, -0.05) is 106 Å². The summed E-state index contributed by atoms with van der Waals surface area (Å²) < 4.78 is 14.8. The number of hydrogen-bond acceptors (Lipinski definition) is 12. The van der Waals surface area contributed by atoms with Gasteiger partial charge in [0.05, 0.1) is 15.1 Å². The van der Waals surface area contributed by atoms with Crippen molar-refractivity contribution in [2.45, 2.75) is 31.0 Å². The monoisotopic (exact) mass is 682 g/mol. The minimum atomic E-state index is -3.19. The van der Waals surface area contributed by atoms with Crippen LogP contribution in [0.1, 0.15) is 0 Å². The van der Waals surface area contributed by atoms with Crippen LogP contribution in [0.4, 0.5) is 0 Å². The molecule has 212 valence electrons. The number of carbonyl (C=O) groups is 3. The maximum absolute atomic E-state index is 12.6. The Morgan fingerprint density at radius 1 is 0.550 bits per heavy atom. The second kappa shape index (κ2) is 16.1. The van der Waals surface area contributed by atoms with E-state index in [2.05, 4.69) is 0 Å². The smallest absolute Gasteiger partial charge is 0.372 e. The zero-order valence-electron chi connectivity index (χ0n) is 19.8. The van der Waals surface area contributed by atoms with Crippen LogP contribution < -0.4 is 0 Å². The van der Waals surface area contributed by atoms with Crippen molar-refractivity contribution < 1.29 is 43.3 Å². The van der Waals surface area contributed by atoms with E-state index in [1.54, 1.807) is 36.4 Å². The number of aliphatic hydroxyl groups is 3. The number of carbonyl (C=O) groups excluding carboxylic acids is 3. The molecule has 0 aromatic heterocycles. The van der Waals surface area contributed by atoms with Crippen molar-refractivity contribution in [1.82, 2.24) is 0 Å². The van der Waals surface area contributed by atoms with Crippen LogP contribution in [0.15, 0.2) is 87.5 Å². The molecule has 0 fully saturated rings. The first-order chi connectivity index (χ1) is 19.0. The van der Waals surface area contributed by atoms with Crippen molar-refractivity contribution >= 4 is 96.6 Å². The fraction of sp³-hybridized carbons (Fsp3) is 0.125. The molecule has 3 atom stereocenters. The minimum absolute atomic E-state index is 0.249. The lowest BCUT2D eigenvalue weighted by molar-refractivity contribution is -0.148. The number of thioether (sulfide) groups is 3. The molecular formula is C24H18Cl3O9PS3. The first kappa shape index (κ1) is 32.8. The maximum atomic E-state index is 12.6. The molecule has 0 amide bonds. The lowest BCUT2D eigenvalue weighted by atomic mass is 10.4. The molecule has 9 nitrogen and oxygen atoms in total. The predicted molar refractivity (Wildman–Crippen MR) is 155 cm³/mol. The van der Waals surface area contributed by atoms with Crippen LogP contribution in [0, 0.1) is 0 Å². The number of hydrogen-bond donors (Lipinski definition) is 3. The Labute approximate surface area is 257 Å². The van der Waals surface area contributed by atoms with Crippen molar-refractivity contribution in [3.05, 3.63) is 87.9 Å². The summed E-state index contributed by atoms with van der Waals surface area (Å²) in [6, 6.07) is 19.0. The highest BCUT2D eigenvalue weighted by Gasteiger charge is 2.36. The Morgan fingerprint density at radius 2 is 0.800 bits per heavy atom. The molecule has 40 heavy (non-hydrogen) atoms. The Kier molecular flexibility index (Phi) is 13.2. The van der Waals surface area contributed by atoms with Gasteiger partial charge in [-0.3, -0.25) is 0 Å². The van der Waals surface area contributed by atoms with Crippen LogP contribution >= 0.6 is 78.7 Å². The normalized spacial score (nSPS) is 13.9. The Balaban J connectivity index is 1.71. The fourth-order valence-corrected chi connectivity index (χ4v) is 6.58. The van der Waals surface area contributed by atoms with Gasteiger partial charge < -0.3 is 28.9 Å². The van der Waals surface area contributed by atoms with E-state index in [1.165, 1.54) is 36.4 Å². The third kappa shape index (κ3) is 9.99. The summed E-state index contributed by atoms with van der Waals surface area (Å²) >= 11 is 20.0. The molecule has 3 aromatic carbocycles. The third-order valence-electron chi connectivity index (χ3n) is 4.32. The zero-order valence-corrected chi connectivity index (χ0v) is 25.4. The van der Waals surface area contributed by atoms with Gasteiger partial charge in [0.15, 0.2) is 0 Å². The molecule has 0 aliphatic carbocycles. The van der Waals surface area contributed by atoms with Crippen molar-refractivity contribution in [2.24, 2.45) is 0 Å². The van der Waals surface area contributed by atoms with E-state index in [1.807, 2.05) is 0 Å². The number of halogens is 3. The van der Waals surface area contributed by atoms with E-state index in [-0.39, 0.29) is 15.1 Å². The van der Waals surface area contributed by atoms with Crippen LogP contribution in [0.2, 0.25) is 15.1 Å². The molecule has 0 bridgehead atoms. The Morgan fingerprint density at radius 3 is 1.05 bits per heavy atom. The van der Waals surface area contributed by atoms with Crippen LogP contribution in [-0.2, 0) is 28.0 Å². The average molecular weight is 684 g/mol. The van der Waals surface area contributed by atoms with Gasteiger partial charge in [-0.2, -0.15) is 0 Å². The molecule has 3 rings (SSSR count). The van der Waals surface area contributed by atoms with E-state index in [0.29, 0.717) is 50.0 Å². The molecule has 16 heteroatoms. The number of aliphatic hydroxyl groups excluding tert-OH is 3. The summed E-state index contributed by atoms with van der Waals surface area (Å²) in [5.74, 6) is -4.05. The van der Waals surface area contributed by atoms with E-state index >= 15 is 0 Å². The lowest BCUT2D eigenvalue weighted by Gasteiger charge is -2.19. The largest absolute Gasteiger partial charge is 0.537 e. The van der Waals surface area contributed by atoms with Gasteiger partial charge in [0.1, 0.15) is 0 Å². The predicted octanol–water partition coefficient (Wildman–Crippen LogP) is 6.14. The molecule has 0 saturated carbocycles. The van der Waals surface area contributed by atoms with Crippen LogP contribution in [0.3, 0.4) is 0 Å². The summed E-state index contributed by atoms with van der Waals surface area (Å²) in [6.07, 6.45) is 0. The molecule has 3 N–H and O–H groups in total. The quantitative estimate of drug-likeness (QED) is 0.115. The van der Waals surface area contributed by atoms with Gasteiger partial charge in [0, 0.05) is 14.7 Å². The number of rotatable bonds is 12. The molecule has 0 saturated heterocycles. The van der Waals surface area contributed by atoms with Crippen LogP contribution in [-0.4, -0.2) is 49.5 Å². The van der Waals surface area contributed by atoms with Gasteiger partial charge in [0.25, 0.3) is 0 Å². The van der Waals surface area contributed by atoms with Crippen LogP contribution in [0.25, 0.3) is 0 Å². The van der Waals surface area contributed by atoms with Crippen molar-refractivity contribution in [3.63, 3.8) is 0 Å². The summed E-state index contributed by atoms with van der Waals surface area (Å²) in [4.78, 5) is 38.7. The molecule has 3 aromatic rings. The van der Waals surface area contributed by atoms with Gasteiger partial charge in [0.2, 0.25) is 16.3 Å². The van der Waals surface area contributed by atoms with E-state index in [9.17, 15) is 29.7 Å². The van der Waals surface area contributed by atoms with Crippen LogP contribution in [0.5, 0.6) is 0 Å². The molecule has 0 spiro atoms. The van der Waals surface area contributed by atoms with E-state index in [0.717, 1.165) is 0 Å². The Bertz CT molecular complexity index is 1190. The molecule has 0 aliphatic heterocycles. The summed E-state index contributed by atoms with van der Waals surface area (Å²) in [6.45, 7) is 0. The SMILES string of the molecule is O=C(OP(OC(=O)C(O)Sc1ccccc1Cl)OC(=O)C(O)Sc1ccccc1Cl)C(O)Sc1ccccc1Cl. The molecule has 0 radical (unpaired) electrons. The van der Waals surface area contributed by atoms with Crippen molar-refractivity contribution in [2.75, 3.05) is 0 Å². The maximum Gasteiger partial charge on any atom is 0.537 e. The summed E-state index contributed by atoms with van der Waals surface area (Å²) in [7, 11) is -3.19. The van der Waals surface area contributed by atoms with Crippen molar-refractivity contribution in [3.8, 4) is 0 Å². The second-order valence-corrected chi connectivity index (χ2v) is 12.7. The first-order valence-corrected chi connectivity index (χ1v) is 15.6. The minimum Gasteiger partial charge on any atom is -0.372 e. The zero-order chi connectivity index (χ0) is 29.2. The summed E-state index contributed by atoms with van der Waals surface area (Å²) in [5, 5.41) is 31.7. The first-order valence-electron chi connectivity index (χ1n) is 10.8. The topological polar surface area (TPSA) is 140 Å². The standard InChI is InChI=1S/C24H18Cl3O9PS3/c25-13-7-1-4-10-16(13)38-22(31)19(28)34-37(35-20(29)23(32)39-17-11-5-2-8-14(17)26)36-21(30)24(33)40-18-12-6-3-9-15(18)27/h1-12,22-24,31-33H. The Hall–Kier alpha value is -1.70. The highest BCUT2D eigenvalue weighted by atomic mass is 35.5. The third-order valence-corrected chi connectivity index (χ3v) is 9.71. The molecular weight excluding hydrogens is 666 g/mol. The van der Waals surface area contributed by atoms with Gasteiger partial charge >= 0.3 is 26.5 Å². The van der Waals surface area contributed by atoms with E-state index in [4.69, 9.17) is 48.4 Å². The number of benzene rings is 3. The average Bonchev–Trinajstić information content (AvgIpc) is 2.92. The van der Waals surface area contributed by atoms with Gasteiger partial charge in [-0.05, 0) is 36.4 Å². The highest BCUT2D eigenvalue weighted by molar-refractivity contribution is 8.01. The highest BCUT2D eigenvalue weighted by Crippen LogP contribution is 2.44. The second-order valence-electron chi connectivity index (χ2n) is 7.16. The van der Waals surface area contributed by atoms with Gasteiger partial charge in [-0.15, -0.1) is 0 Å². The molecule has 3 unspecified atom stereocenters. The summed E-state index contributed by atoms with van der Waals surface area (Å²) in [5.41, 5.74) is -5.61.